The highest BCUT2D eigenvalue weighted by Crippen LogP contribution is 2.17. The second kappa shape index (κ2) is 5.30. The molecule has 0 fully saturated rings. The van der Waals surface area contributed by atoms with Crippen LogP contribution in [0.25, 0.3) is 10.9 Å². The second-order valence-corrected chi connectivity index (χ2v) is 6.41. The maximum atomic E-state index is 11.0. The van der Waals surface area contributed by atoms with Crippen LogP contribution in [0.3, 0.4) is 0 Å². The van der Waals surface area contributed by atoms with E-state index in [1.165, 1.54) is 12.6 Å². The molecule has 0 unspecified atom stereocenters. The monoisotopic (exact) mass is 265 g/mol. The maximum Gasteiger partial charge on any atom is 0.147 e. The average molecular weight is 265 g/mol. The number of sulfone groups is 1. The van der Waals surface area contributed by atoms with Crippen molar-refractivity contribution in [2.24, 2.45) is 0 Å². The zero-order chi connectivity index (χ0) is 13.0. The minimum absolute atomic E-state index is 0.184. The second-order valence-electron chi connectivity index (χ2n) is 4.15. The number of anilines is 1. The normalized spacial score (nSPS) is 11.6. The first kappa shape index (κ1) is 12.8. The van der Waals surface area contributed by atoms with Crippen LogP contribution >= 0.6 is 0 Å². The van der Waals surface area contributed by atoms with E-state index in [0.29, 0.717) is 13.0 Å². The van der Waals surface area contributed by atoms with Crippen molar-refractivity contribution in [3.8, 4) is 0 Å². The van der Waals surface area contributed by atoms with Gasteiger partial charge in [0.2, 0.25) is 0 Å². The molecule has 1 heterocycles. The number of nitrogens with one attached hydrogen (secondary N) is 1. The summed E-state index contributed by atoms with van der Waals surface area (Å²) < 4.78 is 22.0. The van der Waals surface area contributed by atoms with Crippen LogP contribution in [-0.2, 0) is 9.84 Å². The van der Waals surface area contributed by atoms with Crippen molar-refractivity contribution in [3.05, 3.63) is 30.6 Å². The molecular formula is C12H15N3O2S. The third-order valence-corrected chi connectivity index (χ3v) is 3.56. The first-order valence-electron chi connectivity index (χ1n) is 5.67. The summed E-state index contributed by atoms with van der Waals surface area (Å²) in [6.45, 7) is 0.577. The number of benzene rings is 1. The topological polar surface area (TPSA) is 72.0 Å². The Morgan fingerprint density at radius 1 is 1.22 bits per heavy atom. The van der Waals surface area contributed by atoms with Crippen LogP contribution in [-0.4, -0.2) is 36.9 Å². The van der Waals surface area contributed by atoms with Gasteiger partial charge < -0.3 is 5.32 Å². The fourth-order valence-corrected chi connectivity index (χ4v) is 2.36. The molecular weight excluding hydrogens is 250 g/mol. The van der Waals surface area contributed by atoms with Crippen molar-refractivity contribution in [1.29, 1.82) is 0 Å². The van der Waals surface area contributed by atoms with E-state index in [4.69, 9.17) is 0 Å². The number of aromatic nitrogens is 2. The Morgan fingerprint density at radius 2 is 2.00 bits per heavy atom. The molecule has 1 aromatic carbocycles. The van der Waals surface area contributed by atoms with Crippen molar-refractivity contribution in [2.45, 2.75) is 6.42 Å². The van der Waals surface area contributed by atoms with Gasteiger partial charge in [0.25, 0.3) is 0 Å². The summed E-state index contributed by atoms with van der Waals surface area (Å²) in [6.07, 6.45) is 3.31. The van der Waals surface area contributed by atoms with Crippen LogP contribution in [0, 0.1) is 0 Å². The van der Waals surface area contributed by atoms with Gasteiger partial charge in [-0.1, -0.05) is 12.1 Å². The fourth-order valence-electron chi connectivity index (χ4n) is 1.69. The van der Waals surface area contributed by atoms with E-state index in [0.717, 1.165) is 16.7 Å². The molecule has 5 nitrogen and oxygen atoms in total. The number of hydrogen-bond acceptors (Lipinski definition) is 5. The first-order valence-corrected chi connectivity index (χ1v) is 7.74. The van der Waals surface area contributed by atoms with E-state index in [1.807, 2.05) is 24.3 Å². The summed E-state index contributed by atoms with van der Waals surface area (Å²) in [6, 6.07) is 7.70. The Morgan fingerprint density at radius 3 is 2.78 bits per heavy atom. The van der Waals surface area contributed by atoms with Crippen LogP contribution < -0.4 is 5.32 Å². The number of nitrogens with zero attached hydrogens (tertiary/aromatic N) is 2. The molecule has 0 saturated heterocycles. The van der Waals surface area contributed by atoms with Gasteiger partial charge in [0, 0.05) is 18.2 Å². The Bertz CT molecular complexity index is 635. The summed E-state index contributed by atoms with van der Waals surface area (Å²) in [7, 11) is -2.89. The molecule has 1 N–H and O–H groups in total. The molecule has 0 spiro atoms. The Hall–Kier alpha value is -1.69. The molecule has 18 heavy (non-hydrogen) atoms. The van der Waals surface area contributed by atoms with E-state index in [1.54, 1.807) is 0 Å². The summed E-state index contributed by atoms with van der Waals surface area (Å²) in [5.41, 5.74) is 0.873. The van der Waals surface area contributed by atoms with Gasteiger partial charge in [0.15, 0.2) is 0 Å². The van der Waals surface area contributed by atoms with E-state index in [9.17, 15) is 8.42 Å². The highest BCUT2D eigenvalue weighted by molar-refractivity contribution is 7.90. The highest BCUT2D eigenvalue weighted by Gasteiger charge is 2.04. The minimum atomic E-state index is -2.89. The molecule has 0 bridgehead atoms. The van der Waals surface area contributed by atoms with E-state index in [2.05, 4.69) is 15.3 Å². The molecule has 1 aromatic heterocycles. The van der Waals surface area contributed by atoms with Crippen molar-refractivity contribution in [1.82, 2.24) is 9.97 Å². The minimum Gasteiger partial charge on any atom is -0.369 e. The van der Waals surface area contributed by atoms with E-state index in [-0.39, 0.29) is 5.75 Å². The predicted molar refractivity (Wildman–Crippen MR) is 72.4 cm³/mol. The molecule has 0 aliphatic carbocycles. The van der Waals surface area contributed by atoms with Gasteiger partial charge in [-0.2, -0.15) is 0 Å². The molecule has 0 saturated carbocycles. The van der Waals surface area contributed by atoms with Gasteiger partial charge >= 0.3 is 0 Å². The molecule has 0 aliphatic rings. The third-order valence-electron chi connectivity index (χ3n) is 2.53. The third kappa shape index (κ3) is 3.40. The smallest absolute Gasteiger partial charge is 0.147 e. The summed E-state index contributed by atoms with van der Waals surface area (Å²) in [4.78, 5) is 8.33. The van der Waals surface area contributed by atoms with Gasteiger partial charge in [-0.05, 0) is 18.6 Å². The van der Waals surface area contributed by atoms with Crippen molar-refractivity contribution >= 4 is 26.6 Å². The molecule has 96 valence electrons. The van der Waals surface area contributed by atoms with Crippen LogP contribution in [0.4, 0.5) is 5.82 Å². The van der Waals surface area contributed by atoms with E-state index < -0.39 is 9.84 Å². The van der Waals surface area contributed by atoms with Gasteiger partial charge in [-0.3, -0.25) is 0 Å². The Labute approximate surface area is 106 Å². The van der Waals surface area contributed by atoms with Gasteiger partial charge in [-0.25, -0.2) is 18.4 Å². The lowest BCUT2D eigenvalue weighted by molar-refractivity contribution is 0.600. The molecule has 0 aliphatic heterocycles. The zero-order valence-corrected chi connectivity index (χ0v) is 10.9. The van der Waals surface area contributed by atoms with Crippen LogP contribution in [0.1, 0.15) is 6.42 Å². The van der Waals surface area contributed by atoms with Crippen LogP contribution in [0.2, 0.25) is 0 Å². The molecule has 0 amide bonds. The Balaban J connectivity index is 2.04. The lowest BCUT2D eigenvalue weighted by Gasteiger charge is -2.07. The quantitative estimate of drug-likeness (QED) is 0.829. The molecule has 2 aromatic rings. The standard InChI is InChI=1S/C12H15N3O2S/c1-18(16,17)8-4-7-13-12-10-5-2-3-6-11(10)14-9-15-12/h2-3,5-6,9H,4,7-8H2,1H3,(H,13,14,15). The van der Waals surface area contributed by atoms with E-state index >= 15 is 0 Å². The highest BCUT2D eigenvalue weighted by atomic mass is 32.2. The lowest BCUT2D eigenvalue weighted by atomic mass is 10.2. The number of para-hydroxylation sites is 1. The summed E-state index contributed by atoms with van der Waals surface area (Å²) >= 11 is 0. The van der Waals surface area contributed by atoms with Gasteiger partial charge in [0.1, 0.15) is 22.0 Å². The number of rotatable bonds is 5. The van der Waals surface area contributed by atoms with Gasteiger partial charge in [0.05, 0.1) is 11.3 Å². The predicted octanol–water partition coefficient (Wildman–Crippen LogP) is 1.48. The largest absolute Gasteiger partial charge is 0.369 e. The lowest BCUT2D eigenvalue weighted by Crippen LogP contribution is -2.10. The molecule has 0 radical (unpaired) electrons. The zero-order valence-electron chi connectivity index (χ0n) is 10.1. The number of fused-ring (bicyclic) bond motifs is 1. The first-order chi connectivity index (χ1) is 8.56. The van der Waals surface area contributed by atoms with Crippen LogP contribution in [0.5, 0.6) is 0 Å². The summed E-state index contributed by atoms with van der Waals surface area (Å²) in [5, 5.41) is 4.09. The van der Waals surface area contributed by atoms with Crippen LogP contribution in [0.15, 0.2) is 30.6 Å². The molecule has 6 heteroatoms. The number of hydrogen-bond donors (Lipinski definition) is 1. The Kier molecular flexibility index (Phi) is 3.76. The van der Waals surface area contributed by atoms with Crippen molar-refractivity contribution in [3.63, 3.8) is 0 Å². The summed E-state index contributed by atoms with van der Waals surface area (Å²) in [5.74, 6) is 0.928. The van der Waals surface area contributed by atoms with Gasteiger partial charge in [-0.15, -0.1) is 0 Å². The van der Waals surface area contributed by atoms with Crippen molar-refractivity contribution < 1.29 is 8.42 Å². The van der Waals surface area contributed by atoms with Crippen molar-refractivity contribution in [2.75, 3.05) is 23.9 Å². The maximum absolute atomic E-state index is 11.0. The SMILES string of the molecule is CS(=O)(=O)CCCNc1ncnc2ccccc12. The molecule has 0 atom stereocenters. The average Bonchev–Trinajstić information content (AvgIpc) is 2.33. The molecule has 2 rings (SSSR count). The fraction of sp³-hybridized carbons (Fsp3) is 0.333.